The van der Waals surface area contributed by atoms with E-state index in [-0.39, 0.29) is 0 Å². The Balaban J connectivity index is 2.15. The number of nitrogens with zero attached hydrogens (tertiary/aromatic N) is 1. The van der Waals surface area contributed by atoms with Crippen LogP contribution in [0.25, 0.3) is 0 Å². The summed E-state index contributed by atoms with van der Waals surface area (Å²) in [5.41, 5.74) is 7.49. The summed E-state index contributed by atoms with van der Waals surface area (Å²) in [5.74, 6) is 0. The molecule has 1 aliphatic carbocycles. The van der Waals surface area contributed by atoms with Gasteiger partial charge >= 0.3 is 0 Å². The summed E-state index contributed by atoms with van der Waals surface area (Å²) in [6.45, 7) is 6.35. The molecule has 1 aliphatic rings. The third-order valence-electron chi connectivity index (χ3n) is 4.24. The summed E-state index contributed by atoms with van der Waals surface area (Å²) in [7, 11) is 0. The maximum Gasteiger partial charge on any atom is 0.0569 e. The summed E-state index contributed by atoms with van der Waals surface area (Å²) in [4.78, 5) is 4.13. The number of rotatable bonds is 5. The lowest BCUT2D eigenvalue weighted by atomic mass is 9.92. The fourth-order valence-electron chi connectivity index (χ4n) is 3.26. The van der Waals surface area contributed by atoms with Gasteiger partial charge in [-0.1, -0.05) is 26.2 Å². The Morgan fingerprint density at radius 1 is 1.39 bits per heavy atom. The van der Waals surface area contributed by atoms with Gasteiger partial charge in [0.15, 0.2) is 0 Å². The van der Waals surface area contributed by atoms with Crippen molar-refractivity contribution in [2.75, 3.05) is 13.1 Å². The Hall–Kier alpha value is -0.380. The van der Waals surface area contributed by atoms with Crippen LogP contribution in [0.3, 0.4) is 0 Å². The van der Waals surface area contributed by atoms with Gasteiger partial charge in [-0.25, -0.2) is 0 Å². The molecule has 2 rings (SSSR count). The molecule has 1 aromatic rings. The normalized spacial score (nSPS) is 19.3. The number of hydrogen-bond acceptors (Lipinski definition) is 3. The third kappa shape index (κ3) is 2.95. The monoisotopic (exact) mass is 266 g/mol. The highest BCUT2D eigenvalue weighted by Gasteiger charge is 2.28. The van der Waals surface area contributed by atoms with Crippen LogP contribution in [-0.4, -0.2) is 24.0 Å². The molecule has 0 bridgehead atoms. The molecule has 2 nitrogen and oxygen atoms in total. The Labute approximate surface area is 115 Å². The zero-order valence-electron chi connectivity index (χ0n) is 11.7. The van der Waals surface area contributed by atoms with E-state index >= 15 is 0 Å². The minimum atomic E-state index is 0.429. The van der Waals surface area contributed by atoms with Gasteiger partial charge in [0, 0.05) is 17.5 Å². The van der Waals surface area contributed by atoms with Crippen LogP contribution >= 0.6 is 11.3 Å². The number of hydrogen-bond donors (Lipinski definition) is 1. The fraction of sp³-hybridized carbons (Fsp3) is 0.733. The second kappa shape index (κ2) is 6.69. The highest BCUT2D eigenvalue weighted by atomic mass is 32.1. The quantitative estimate of drug-likeness (QED) is 0.880. The Bertz CT molecular complexity index is 355. The molecular weight excluding hydrogens is 240 g/mol. The van der Waals surface area contributed by atoms with Crippen LogP contribution in [0, 0.1) is 6.92 Å². The van der Waals surface area contributed by atoms with Crippen LogP contribution < -0.4 is 5.73 Å². The third-order valence-corrected chi connectivity index (χ3v) is 5.36. The lowest BCUT2D eigenvalue weighted by molar-refractivity contribution is 0.115. The molecule has 2 N–H and O–H groups in total. The summed E-state index contributed by atoms with van der Waals surface area (Å²) in [6.07, 6.45) is 6.91. The van der Waals surface area contributed by atoms with Crippen LogP contribution in [0.1, 0.15) is 55.5 Å². The topological polar surface area (TPSA) is 29.3 Å². The zero-order valence-corrected chi connectivity index (χ0v) is 12.5. The van der Waals surface area contributed by atoms with Crippen LogP contribution in [0.15, 0.2) is 11.4 Å². The fourth-order valence-corrected chi connectivity index (χ4v) is 4.33. The molecule has 18 heavy (non-hydrogen) atoms. The summed E-state index contributed by atoms with van der Waals surface area (Å²) < 4.78 is 0. The van der Waals surface area contributed by atoms with Crippen molar-refractivity contribution in [3.05, 3.63) is 21.9 Å². The smallest absolute Gasteiger partial charge is 0.0569 e. The van der Waals surface area contributed by atoms with E-state index in [1.54, 1.807) is 0 Å². The second-order valence-corrected chi connectivity index (χ2v) is 6.29. The van der Waals surface area contributed by atoms with Crippen molar-refractivity contribution in [2.24, 2.45) is 5.73 Å². The van der Waals surface area contributed by atoms with Gasteiger partial charge in [-0.2, -0.15) is 0 Å². The summed E-state index contributed by atoms with van der Waals surface area (Å²) in [6, 6.07) is 3.40. The molecule has 1 atom stereocenters. The van der Waals surface area contributed by atoms with Gasteiger partial charge in [0.05, 0.1) is 6.04 Å². The van der Waals surface area contributed by atoms with Crippen molar-refractivity contribution in [1.29, 1.82) is 0 Å². The van der Waals surface area contributed by atoms with Crippen molar-refractivity contribution >= 4 is 11.3 Å². The molecule has 102 valence electrons. The minimum absolute atomic E-state index is 0.429. The number of aryl methyl sites for hydroxylation is 1. The van der Waals surface area contributed by atoms with Crippen LogP contribution in [0.4, 0.5) is 0 Å². The predicted octanol–water partition coefficient (Wildman–Crippen LogP) is 3.71. The lowest BCUT2D eigenvalue weighted by Gasteiger charge is -2.39. The van der Waals surface area contributed by atoms with Gasteiger partial charge in [0.1, 0.15) is 0 Å². The first-order chi connectivity index (χ1) is 8.77. The molecule has 3 heteroatoms. The molecule has 1 saturated carbocycles. The first kappa shape index (κ1) is 14.0. The van der Waals surface area contributed by atoms with Gasteiger partial charge in [-0.05, 0) is 43.3 Å². The maximum atomic E-state index is 6.08. The highest BCUT2D eigenvalue weighted by Crippen LogP contribution is 2.33. The van der Waals surface area contributed by atoms with E-state index in [0.29, 0.717) is 6.04 Å². The first-order valence-electron chi connectivity index (χ1n) is 7.27. The number of likely N-dealkylation sites (N-methyl/N-ethyl adjacent to an activating group) is 1. The summed E-state index contributed by atoms with van der Waals surface area (Å²) in [5, 5.41) is 2.20. The highest BCUT2D eigenvalue weighted by molar-refractivity contribution is 7.10. The van der Waals surface area contributed by atoms with Gasteiger partial charge in [0.25, 0.3) is 0 Å². The van der Waals surface area contributed by atoms with Crippen molar-refractivity contribution in [3.8, 4) is 0 Å². The molecule has 0 aliphatic heterocycles. The number of nitrogens with two attached hydrogens (primary N) is 1. The van der Waals surface area contributed by atoms with E-state index in [1.807, 2.05) is 11.3 Å². The molecule has 0 radical (unpaired) electrons. The van der Waals surface area contributed by atoms with Crippen molar-refractivity contribution in [3.63, 3.8) is 0 Å². The number of thiophene rings is 1. The summed E-state index contributed by atoms with van der Waals surface area (Å²) >= 11 is 1.87. The Morgan fingerprint density at radius 3 is 2.61 bits per heavy atom. The van der Waals surface area contributed by atoms with Crippen LogP contribution in [0.5, 0.6) is 0 Å². The van der Waals surface area contributed by atoms with E-state index in [1.165, 1.54) is 42.5 Å². The SMILES string of the molecule is CCN(C1CCCCC1)C(CN)c1sccc1C. The van der Waals surface area contributed by atoms with E-state index in [9.17, 15) is 0 Å². The predicted molar refractivity (Wildman–Crippen MR) is 80.1 cm³/mol. The van der Waals surface area contributed by atoms with Gasteiger partial charge in [-0.15, -0.1) is 11.3 Å². The molecule has 1 aromatic heterocycles. The lowest BCUT2D eigenvalue weighted by Crippen LogP contribution is -2.42. The molecule has 0 saturated heterocycles. The van der Waals surface area contributed by atoms with Crippen molar-refractivity contribution in [1.82, 2.24) is 4.90 Å². The standard InChI is InChI=1S/C15H26N2S/c1-3-17(13-7-5-4-6-8-13)14(11-16)15-12(2)9-10-18-15/h9-10,13-14H,3-8,11,16H2,1-2H3. The van der Waals surface area contributed by atoms with Gasteiger partial charge < -0.3 is 5.73 Å². The van der Waals surface area contributed by atoms with E-state index in [0.717, 1.165) is 19.1 Å². The minimum Gasteiger partial charge on any atom is -0.329 e. The average molecular weight is 266 g/mol. The molecule has 0 amide bonds. The maximum absolute atomic E-state index is 6.08. The Kier molecular flexibility index (Phi) is 5.22. The molecule has 1 unspecified atom stereocenters. The van der Waals surface area contributed by atoms with Crippen LogP contribution in [-0.2, 0) is 0 Å². The van der Waals surface area contributed by atoms with E-state index in [4.69, 9.17) is 5.73 Å². The van der Waals surface area contributed by atoms with E-state index in [2.05, 4.69) is 30.2 Å². The molecule has 1 heterocycles. The molecule has 0 spiro atoms. The largest absolute Gasteiger partial charge is 0.329 e. The zero-order chi connectivity index (χ0) is 13.0. The second-order valence-electron chi connectivity index (χ2n) is 5.34. The molecule has 1 fully saturated rings. The van der Waals surface area contributed by atoms with Crippen molar-refractivity contribution < 1.29 is 0 Å². The molecule has 0 aromatic carbocycles. The van der Waals surface area contributed by atoms with Crippen molar-refractivity contribution in [2.45, 2.75) is 58.0 Å². The average Bonchev–Trinajstić information content (AvgIpc) is 2.83. The van der Waals surface area contributed by atoms with Gasteiger partial charge in [0.2, 0.25) is 0 Å². The van der Waals surface area contributed by atoms with Gasteiger partial charge in [-0.3, -0.25) is 4.90 Å². The first-order valence-corrected chi connectivity index (χ1v) is 8.15. The molecular formula is C15H26N2S. The van der Waals surface area contributed by atoms with E-state index < -0.39 is 0 Å². The van der Waals surface area contributed by atoms with Crippen LogP contribution in [0.2, 0.25) is 0 Å². The Morgan fingerprint density at radius 2 is 2.11 bits per heavy atom.